The number of fused-ring (bicyclic) bond motifs is 3. The molecule has 0 bridgehead atoms. The van der Waals surface area contributed by atoms with Gasteiger partial charge >= 0.3 is 0 Å². The molecule has 8 rings (SSSR count). The van der Waals surface area contributed by atoms with Gasteiger partial charge in [-0.15, -0.1) is 0 Å². The first kappa shape index (κ1) is 22.5. The van der Waals surface area contributed by atoms with Gasteiger partial charge in [-0.1, -0.05) is 97.1 Å². The molecule has 6 aromatic carbocycles. The predicted octanol–water partition coefficient (Wildman–Crippen LogP) is 9.79. The Hall–Kier alpha value is -5.48. The highest BCUT2D eigenvalue weighted by molar-refractivity contribution is 6.03. The molecule has 0 saturated carbocycles. The van der Waals surface area contributed by atoms with Crippen LogP contribution in [0, 0.1) is 0 Å². The zero-order chi connectivity index (χ0) is 26.5. The van der Waals surface area contributed by atoms with Crippen molar-refractivity contribution >= 4 is 33.0 Å². The summed E-state index contributed by atoms with van der Waals surface area (Å²) >= 11 is 0. The zero-order valence-corrected chi connectivity index (χ0v) is 21.4. The Morgan fingerprint density at radius 1 is 0.375 bits per heavy atom. The molecule has 40 heavy (non-hydrogen) atoms. The summed E-state index contributed by atoms with van der Waals surface area (Å²) in [5, 5.41) is 2.06. The number of oxazole rings is 2. The van der Waals surface area contributed by atoms with Gasteiger partial charge in [0, 0.05) is 11.1 Å². The van der Waals surface area contributed by atoms with Crippen molar-refractivity contribution in [2.75, 3.05) is 0 Å². The van der Waals surface area contributed by atoms with Crippen LogP contribution in [-0.4, -0.2) is 9.97 Å². The van der Waals surface area contributed by atoms with Crippen molar-refractivity contribution in [2.45, 2.75) is 0 Å². The normalized spacial score (nSPS) is 11.5. The van der Waals surface area contributed by atoms with E-state index in [-0.39, 0.29) is 0 Å². The maximum Gasteiger partial charge on any atom is 0.227 e. The second-order valence-corrected chi connectivity index (χ2v) is 9.84. The average molecular weight is 515 g/mol. The summed E-state index contributed by atoms with van der Waals surface area (Å²) in [6.07, 6.45) is 0. The third-order valence-corrected chi connectivity index (χ3v) is 7.38. The molecule has 0 radical (unpaired) electrons. The van der Waals surface area contributed by atoms with E-state index in [1.807, 2.05) is 72.8 Å². The summed E-state index contributed by atoms with van der Waals surface area (Å²) in [7, 11) is 0. The van der Waals surface area contributed by atoms with Crippen LogP contribution in [0.4, 0.5) is 0 Å². The van der Waals surface area contributed by atoms with E-state index in [0.717, 1.165) is 66.4 Å². The summed E-state index contributed by atoms with van der Waals surface area (Å²) in [6, 6.07) is 45.2. The molecule has 8 aromatic rings. The number of benzene rings is 6. The van der Waals surface area contributed by atoms with Crippen molar-refractivity contribution in [1.82, 2.24) is 9.97 Å². The van der Waals surface area contributed by atoms with Crippen LogP contribution in [0.25, 0.3) is 78.1 Å². The van der Waals surface area contributed by atoms with E-state index >= 15 is 0 Å². The first-order valence-electron chi connectivity index (χ1n) is 13.2. The molecule has 0 amide bonds. The van der Waals surface area contributed by atoms with Crippen LogP contribution >= 0.6 is 0 Å². The third kappa shape index (κ3) is 3.77. The van der Waals surface area contributed by atoms with E-state index in [1.54, 1.807) is 0 Å². The topological polar surface area (TPSA) is 52.1 Å². The second-order valence-electron chi connectivity index (χ2n) is 9.84. The van der Waals surface area contributed by atoms with E-state index in [1.165, 1.54) is 0 Å². The first-order valence-corrected chi connectivity index (χ1v) is 13.2. The largest absolute Gasteiger partial charge is 0.436 e. The van der Waals surface area contributed by atoms with Gasteiger partial charge in [0.1, 0.15) is 11.0 Å². The molecule has 2 aromatic heterocycles. The van der Waals surface area contributed by atoms with Crippen molar-refractivity contribution in [2.24, 2.45) is 0 Å². The maximum atomic E-state index is 6.32. The fourth-order valence-corrected chi connectivity index (χ4v) is 5.37. The molecule has 0 N–H and O–H groups in total. The number of nitrogens with zero attached hydrogens (tertiary/aromatic N) is 2. The summed E-state index contributed by atoms with van der Waals surface area (Å²) < 4.78 is 12.6. The molecule has 4 nitrogen and oxygen atoms in total. The average Bonchev–Trinajstić information content (AvgIpc) is 3.65. The van der Waals surface area contributed by atoms with Gasteiger partial charge in [0.2, 0.25) is 11.8 Å². The molecule has 2 heterocycles. The lowest BCUT2D eigenvalue weighted by Gasteiger charge is -2.07. The number of hydrogen-bond donors (Lipinski definition) is 0. The highest BCUT2D eigenvalue weighted by atomic mass is 16.4. The van der Waals surface area contributed by atoms with Gasteiger partial charge in [0.25, 0.3) is 0 Å². The van der Waals surface area contributed by atoms with Crippen LogP contribution in [0.15, 0.2) is 142 Å². The zero-order valence-electron chi connectivity index (χ0n) is 21.4. The Balaban J connectivity index is 1.22. The molecule has 0 aliphatic heterocycles. The Morgan fingerprint density at radius 2 is 0.800 bits per heavy atom. The van der Waals surface area contributed by atoms with Crippen molar-refractivity contribution in [3.05, 3.63) is 133 Å². The van der Waals surface area contributed by atoms with Crippen LogP contribution in [-0.2, 0) is 0 Å². The van der Waals surface area contributed by atoms with Gasteiger partial charge in [0.05, 0.1) is 0 Å². The van der Waals surface area contributed by atoms with Crippen LogP contribution < -0.4 is 0 Å². The Bertz CT molecular complexity index is 2000. The highest BCUT2D eigenvalue weighted by Crippen LogP contribution is 2.38. The molecule has 188 valence electrons. The summed E-state index contributed by atoms with van der Waals surface area (Å²) in [5.41, 5.74) is 9.53. The van der Waals surface area contributed by atoms with Crippen LogP contribution in [0.1, 0.15) is 0 Å². The summed E-state index contributed by atoms with van der Waals surface area (Å²) in [5.74, 6) is 1.18. The minimum atomic E-state index is 0.591. The van der Waals surface area contributed by atoms with Crippen LogP contribution in [0.5, 0.6) is 0 Å². The highest BCUT2D eigenvalue weighted by Gasteiger charge is 2.17. The summed E-state index contributed by atoms with van der Waals surface area (Å²) in [4.78, 5) is 9.68. The second kappa shape index (κ2) is 9.07. The Kier molecular flexibility index (Phi) is 5.10. The SMILES string of the molecule is c1ccc(-c2ccc3nc(-c4ccc(-c5nc6ccc(-c7ccccc7)cc6o5)c5ccccc45)oc3c2)cc1. The van der Waals surface area contributed by atoms with Crippen LogP contribution in [0.2, 0.25) is 0 Å². The standard InChI is InChI=1S/C36H22N2O2/c1-3-9-23(10-4-1)25-15-19-31-33(21-25)39-35(37-31)29-17-18-30(28-14-8-7-13-27(28)29)36-38-32-20-16-26(22-34(32)40-36)24-11-5-2-6-12-24/h1-22H. The van der Waals surface area contributed by atoms with Gasteiger partial charge in [-0.05, 0) is 69.4 Å². The molecule has 0 aliphatic rings. The molecular weight excluding hydrogens is 492 g/mol. The molecule has 0 unspecified atom stereocenters. The van der Waals surface area contributed by atoms with E-state index in [0.29, 0.717) is 11.8 Å². The van der Waals surface area contributed by atoms with E-state index in [2.05, 4.69) is 60.7 Å². The molecular formula is C36H22N2O2. The van der Waals surface area contributed by atoms with E-state index in [4.69, 9.17) is 18.8 Å². The summed E-state index contributed by atoms with van der Waals surface area (Å²) in [6.45, 7) is 0. The molecule has 4 heteroatoms. The lowest BCUT2D eigenvalue weighted by Crippen LogP contribution is -1.86. The van der Waals surface area contributed by atoms with Crippen molar-refractivity contribution in [1.29, 1.82) is 0 Å². The van der Waals surface area contributed by atoms with Crippen molar-refractivity contribution in [3.8, 4) is 45.2 Å². The Labute approximate surface area is 230 Å². The fraction of sp³-hybridized carbons (Fsp3) is 0. The van der Waals surface area contributed by atoms with Gasteiger partial charge < -0.3 is 8.83 Å². The first-order chi connectivity index (χ1) is 19.8. The lowest BCUT2D eigenvalue weighted by molar-refractivity contribution is 0.619. The van der Waals surface area contributed by atoms with Gasteiger partial charge in [-0.3, -0.25) is 0 Å². The maximum absolute atomic E-state index is 6.32. The third-order valence-electron chi connectivity index (χ3n) is 7.38. The smallest absolute Gasteiger partial charge is 0.227 e. The monoisotopic (exact) mass is 514 g/mol. The molecule has 0 spiro atoms. The molecule has 0 fully saturated rings. The quantitative estimate of drug-likeness (QED) is 0.234. The fourth-order valence-electron chi connectivity index (χ4n) is 5.37. The number of hydrogen-bond acceptors (Lipinski definition) is 4. The lowest BCUT2D eigenvalue weighted by atomic mass is 9.99. The van der Waals surface area contributed by atoms with Gasteiger partial charge in [-0.25, -0.2) is 9.97 Å². The van der Waals surface area contributed by atoms with Crippen LogP contribution in [0.3, 0.4) is 0 Å². The minimum Gasteiger partial charge on any atom is -0.436 e. The van der Waals surface area contributed by atoms with Gasteiger partial charge in [-0.2, -0.15) is 0 Å². The predicted molar refractivity (Wildman–Crippen MR) is 161 cm³/mol. The van der Waals surface area contributed by atoms with E-state index < -0.39 is 0 Å². The Morgan fingerprint density at radius 3 is 1.25 bits per heavy atom. The molecule has 0 aliphatic carbocycles. The number of aromatic nitrogens is 2. The molecule has 0 saturated heterocycles. The number of rotatable bonds is 4. The van der Waals surface area contributed by atoms with Gasteiger partial charge in [0.15, 0.2) is 11.2 Å². The minimum absolute atomic E-state index is 0.591. The van der Waals surface area contributed by atoms with E-state index in [9.17, 15) is 0 Å². The van der Waals surface area contributed by atoms with Crippen molar-refractivity contribution in [3.63, 3.8) is 0 Å². The molecule has 0 atom stereocenters. The van der Waals surface area contributed by atoms with Crippen molar-refractivity contribution < 1.29 is 8.83 Å².